The molecular formula is C18H19ClO2S. The first-order valence-electron chi connectivity index (χ1n) is 6.79. The SMILES string of the molecule is C=C(C)C(=O)OC(C)[S+](c1ccccc1)c1ccccc1.[Cl-]. The van der Waals surface area contributed by atoms with Crippen molar-refractivity contribution in [2.75, 3.05) is 0 Å². The van der Waals surface area contributed by atoms with Crippen molar-refractivity contribution in [3.8, 4) is 0 Å². The van der Waals surface area contributed by atoms with Crippen molar-refractivity contribution in [1.29, 1.82) is 0 Å². The Morgan fingerprint density at radius 1 is 1.00 bits per heavy atom. The van der Waals surface area contributed by atoms with Crippen LogP contribution in [0.25, 0.3) is 0 Å². The van der Waals surface area contributed by atoms with Gasteiger partial charge in [0.25, 0.3) is 5.44 Å². The molecule has 2 nitrogen and oxygen atoms in total. The number of carbonyl (C=O) groups excluding carboxylic acids is 1. The van der Waals surface area contributed by atoms with Crippen LogP contribution in [0.2, 0.25) is 0 Å². The highest BCUT2D eigenvalue weighted by atomic mass is 35.5. The Labute approximate surface area is 141 Å². The maximum absolute atomic E-state index is 11.8. The Bertz CT molecular complexity index is 574. The minimum atomic E-state index is -0.341. The molecule has 0 heterocycles. The van der Waals surface area contributed by atoms with E-state index in [1.54, 1.807) is 6.92 Å². The predicted molar refractivity (Wildman–Crippen MR) is 87.1 cm³/mol. The quantitative estimate of drug-likeness (QED) is 0.466. The van der Waals surface area contributed by atoms with Gasteiger partial charge in [0.2, 0.25) is 0 Å². The molecule has 1 atom stereocenters. The molecule has 0 N–H and O–H groups in total. The molecule has 2 rings (SSSR count). The number of carbonyl (C=O) groups is 1. The van der Waals surface area contributed by atoms with Crippen molar-refractivity contribution in [2.24, 2.45) is 0 Å². The summed E-state index contributed by atoms with van der Waals surface area (Å²) in [4.78, 5) is 14.1. The third-order valence-corrected chi connectivity index (χ3v) is 5.27. The summed E-state index contributed by atoms with van der Waals surface area (Å²) in [6.07, 6.45) is 0. The van der Waals surface area contributed by atoms with Crippen LogP contribution in [0.5, 0.6) is 0 Å². The van der Waals surface area contributed by atoms with Crippen LogP contribution in [-0.4, -0.2) is 11.4 Å². The lowest BCUT2D eigenvalue weighted by Crippen LogP contribution is -3.00. The van der Waals surface area contributed by atoms with E-state index in [4.69, 9.17) is 4.74 Å². The van der Waals surface area contributed by atoms with E-state index >= 15 is 0 Å². The van der Waals surface area contributed by atoms with E-state index in [0.717, 1.165) is 9.79 Å². The number of ether oxygens (including phenoxy) is 1. The molecule has 0 radical (unpaired) electrons. The minimum absolute atomic E-state index is 0. The summed E-state index contributed by atoms with van der Waals surface area (Å²) < 4.78 is 5.56. The van der Waals surface area contributed by atoms with Gasteiger partial charge < -0.3 is 17.1 Å². The first-order chi connectivity index (χ1) is 10.1. The lowest BCUT2D eigenvalue weighted by atomic mass is 10.4. The second-order valence-electron chi connectivity index (χ2n) is 4.72. The van der Waals surface area contributed by atoms with Crippen LogP contribution >= 0.6 is 0 Å². The summed E-state index contributed by atoms with van der Waals surface area (Å²) in [6.45, 7) is 7.24. The van der Waals surface area contributed by atoms with Gasteiger partial charge in [0.1, 0.15) is 10.9 Å². The molecule has 0 aromatic heterocycles. The molecule has 0 amide bonds. The summed E-state index contributed by atoms with van der Waals surface area (Å²) in [6, 6.07) is 20.3. The molecule has 0 aliphatic rings. The summed E-state index contributed by atoms with van der Waals surface area (Å²) >= 11 is 0. The van der Waals surface area contributed by atoms with Crippen molar-refractivity contribution in [3.63, 3.8) is 0 Å². The van der Waals surface area contributed by atoms with Crippen LogP contribution in [0.1, 0.15) is 13.8 Å². The summed E-state index contributed by atoms with van der Waals surface area (Å²) in [5.41, 5.74) is 0.186. The fraction of sp³-hybridized carbons (Fsp3) is 0.167. The molecule has 0 bridgehead atoms. The van der Waals surface area contributed by atoms with Gasteiger partial charge >= 0.3 is 5.97 Å². The number of halogens is 1. The Kier molecular flexibility index (Phi) is 7.22. The van der Waals surface area contributed by atoms with E-state index in [1.165, 1.54) is 0 Å². The molecule has 0 fully saturated rings. The predicted octanol–water partition coefficient (Wildman–Crippen LogP) is 1.19. The summed E-state index contributed by atoms with van der Waals surface area (Å²) in [7, 11) is -0.317. The number of esters is 1. The molecule has 0 spiro atoms. The van der Waals surface area contributed by atoms with Gasteiger partial charge in [-0.05, 0) is 31.2 Å². The second kappa shape index (κ2) is 8.66. The average Bonchev–Trinajstić information content (AvgIpc) is 2.49. The standard InChI is InChI=1S/C18H19O2S.ClH/c1-14(2)18(19)20-15(3)21(16-10-6-4-7-11-16)17-12-8-5-9-13-17;/h4-13,15H,1H2,2-3H3;1H/q+1;/p-1. The molecule has 4 heteroatoms. The lowest BCUT2D eigenvalue weighted by molar-refractivity contribution is -0.139. The molecule has 0 saturated carbocycles. The highest BCUT2D eigenvalue weighted by Crippen LogP contribution is 2.28. The largest absolute Gasteiger partial charge is 1.00 e. The Hall–Kier alpha value is -1.71. The van der Waals surface area contributed by atoms with Crippen LogP contribution in [-0.2, 0) is 20.4 Å². The van der Waals surface area contributed by atoms with Gasteiger partial charge in [-0.3, -0.25) is 0 Å². The van der Waals surface area contributed by atoms with Crippen molar-refractivity contribution in [1.82, 2.24) is 0 Å². The molecule has 116 valence electrons. The van der Waals surface area contributed by atoms with Gasteiger partial charge in [-0.2, -0.15) is 0 Å². The third kappa shape index (κ3) is 4.65. The van der Waals surface area contributed by atoms with E-state index in [9.17, 15) is 4.79 Å². The van der Waals surface area contributed by atoms with Crippen molar-refractivity contribution in [3.05, 3.63) is 72.8 Å². The second-order valence-corrected chi connectivity index (χ2v) is 7.00. The van der Waals surface area contributed by atoms with Crippen LogP contribution < -0.4 is 12.4 Å². The Balaban J connectivity index is 0.00000242. The maximum atomic E-state index is 11.8. The topological polar surface area (TPSA) is 26.3 Å². The molecule has 2 aromatic rings. The summed E-state index contributed by atoms with van der Waals surface area (Å²) in [5.74, 6) is -0.341. The molecular weight excluding hydrogens is 316 g/mol. The third-order valence-electron chi connectivity index (χ3n) is 2.95. The number of hydrogen-bond donors (Lipinski definition) is 0. The first kappa shape index (κ1) is 18.3. The van der Waals surface area contributed by atoms with Gasteiger partial charge in [0.15, 0.2) is 9.79 Å². The minimum Gasteiger partial charge on any atom is -1.00 e. The van der Waals surface area contributed by atoms with Gasteiger partial charge in [0, 0.05) is 12.5 Å². The molecule has 0 aliphatic carbocycles. The molecule has 22 heavy (non-hydrogen) atoms. The average molecular weight is 335 g/mol. The van der Waals surface area contributed by atoms with E-state index < -0.39 is 0 Å². The van der Waals surface area contributed by atoms with Gasteiger partial charge in [-0.1, -0.05) is 43.0 Å². The van der Waals surface area contributed by atoms with E-state index in [0.29, 0.717) is 5.57 Å². The fourth-order valence-corrected chi connectivity index (χ4v) is 4.08. The van der Waals surface area contributed by atoms with Crippen molar-refractivity contribution >= 4 is 16.9 Å². The van der Waals surface area contributed by atoms with Crippen LogP contribution in [0.3, 0.4) is 0 Å². The Morgan fingerprint density at radius 3 is 1.77 bits per heavy atom. The van der Waals surface area contributed by atoms with Crippen LogP contribution in [0.4, 0.5) is 0 Å². The fourth-order valence-electron chi connectivity index (χ4n) is 1.95. The van der Waals surface area contributed by atoms with Crippen LogP contribution in [0, 0.1) is 0 Å². The van der Waals surface area contributed by atoms with E-state index in [1.807, 2.05) is 43.3 Å². The van der Waals surface area contributed by atoms with Crippen molar-refractivity contribution < 1.29 is 21.9 Å². The number of benzene rings is 2. The normalized spacial score (nSPS) is 11.4. The molecule has 1 unspecified atom stereocenters. The molecule has 0 saturated heterocycles. The van der Waals surface area contributed by atoms with Gasteiger partial charge in [0.05, 0.1) is 0 Å². The first-order valence-corrected chi connectivity index (χ1v) is 8.08. The van der Waals surface area contributed by atoms with Gasteiger partial charge in [-0.15, -0.1) is 0 Å². The lowest BCUT2D eigenvalue weighted by Gasteiger charge is -2.15. The Morgan fingerprint density at radius 2 is 1.41 bits per heavy atom. The zero-order valence-electron chi connectivity index (χ0n) is 12.7. The highest BCUT2D eigenvalue weighted by molar-refractivity contribution is 7.97. The smallest absolute Gasteiger partial charge is 0.337 e. The number of hydrogen-bond acceptors (Lipinski definition) is 2. The molecule has 2 aromatic carbocycles. The zero-order chi connectivity index (χ0) is 15.2. The van der Waals surface area contributed by atoms with Crippen molar-refractivity contribution in [2.45, 2.75) is 29.1 Å². The molecule has 0 aliphatic heterocycles. The van der Waals surface area contributed by atoms with Crippen LogP contribution in [0.15, 0.2) is 82.6 Å². The van der Waals surface area contributed by atoms with Gasteiger partial charge in [-0.25, -0.2) is 4.79 Å². The monoisotopic (exact) mass is 334 g/mol. The number of rotatable bonds is 5. The summed E-state index contributed by atoms with van der Waals surface area (Å²) in [5, 5.41) is 0. The van der Waals surface area contributed by atoms with E-state index in [-0.39, 0.29) is 34.7 Å². The highest BCUT2D eigenvalue weighted by Gasteiger charge is 2.34. The van der Waals surface area contributed by atoms with E-state index in [2.05, 4.69) is 30.8 Å². The maximum Gasteiger partial charge on any atom is 0.337 e. The zero-order valence-corrected chi connectivity index (χ0v) is 14.2.